The SMILES string of the molecule is CCCCCCCOC(CC)C(CCCCCCC)Oc1ccccc1-c1ccc(C(=O)O)cc1. The fraction of sp³-hybridized carbons (Fsp3) is 0.581. The molecule has 0 fully saturated rings. The minimum Gasteiger partial charge on any atom is -0.487 e. The molecule has 0 aliphatic heterocycles. The van der Waals surface area contributed by atoms with Crippen LogP contribution < -0.4 is 4.74 Å². The Morgan fingerprint density at radius 2 is 1.40 bits per heavy atom. The number of carboxylic acid groups (broad SMARTS) is 1. The molecule has 0 heterocycles. The molecule has 0 aromatic heterocycles. The molecule has 0 spiro atoms. The summed E-state index contributed by atoms with van der Waals surface area (Å²) in [6.45, 7) is 7.46. The van der Waals surface area contributed by atoms with Gasteiger partial charge in [-0.3, -0.25) is 0 Å². The summed E-state index contributed by atoms with van der Waals surface area (Å²) in [6.07, 6.45) is 14.3. The van der Waals surface area contributed by atoms with Crippen LogP contribution in [0.2, 0.25) is 0 Å². The number of carbonyl (C=O) groups is 1. The van der Waals surface area contributed by atoms with Crippen LogP contribution in [0.5, 0.6) is 5.75 Å². The van der Waals surface area contributed by atoms with Gasteiger partial charge in [-0.15, -0.1) is 0 Å². The van der Waals surface area contributed by atoms with Crippen LogP contribution in [-0.4, -0.2) is 29.9 Å². The number of carboxylic acids is 1. The zero-order valence-electron chi connectivity index (χ0n) is 22.1. The first kappa shape index (κ1) is 28.9. The van der Waals surface area contributed by atoms with Crippen molar-refractivity contribution in [2.45, 2.75) is 110 Å². The molecule has 2 rings (SSSR count). The minimum atomic E-state index is -0.915. The van der Waals surface area contributed by atoms with Crippen LogP contribution in [0.1, 0.15) is 108 Å². The quantitative estimate of drug-likeness (QED) is 0.203. The molecular formula is C31H46O4. The first-order valence-corrected chi connectivity index (χ1v) is 13.8. The van der Waals surface area contributed by atoms with Crippen LogP contribution in [-0.2, 0) is 4.74 Å². The van der Waals surface area contributed by atoms with Crippen molar-refractivity contribution >= 4 is 5.97 Å². The van der Waals surface area contributed by atoms with E-state index < -0.39 is 5.97 Å². The highest BCUT2D eigenvalue weighted by Gasteiger charge is 2.23. The average molecular weight is 483 g/mol. The highest BCUT2D eigenvalue weighted by molar-refractivity contribution is 5.88. The van der Waals surface area contributed by atoms with Crippen molar-refractivity contribution < 1.29 is 19.4 Å². The molecule has 2 aromatic carbocycles. The molecule has 0 amide bonds. The summed E-state index contributed by atoms with van der Waals surface area (Å²) in [7, 11) is 0. The maximum Gasteiger partial charge on any atom is 0.335 e. The lowest BCUT2D eigenvalue weighted by atomic mass is 10.0. The van der Waals surface area contributed by atoms with E-state index in [0.29, 0.717) is 0 Å². The largest absolute Gasteiger partial charge is 0.487 e. The Morgan fingerprint density at radius 3 is 2.03 bits per heavy atom. The Morgan fingerprint density at radius 1 is 0.771 bits per heavy atom. The molecule has 0 aliphatic carbocycles. The van der Waals surface area contributed by atoms with E-state index in [1.54, 1.807) is 12.1 Å². The minimum absolute atomic E-state index is 0.00305. The zero-order chi connectivity index (χ0) is 25.3. The number of ether oxygens (including phenoxy) is 2. The van der Waals surface area contributed by atoms with Gasteiger partial charge in [0.25, 0.3) is 0 Å². The lowest BCUT2D eigenvalue weighted by Gasteiger charge is -2.28. The summed E-state index contributed by atoms with van der Waals surface area (Å²) < 4.78 is 13.1. The van der Waals surface area contributed by atoms with E-state index in [9.17, 15) is 9.90 Å². The number of hydrogen-bond donors (Lipinski definition) is 1. The van der Waals surface area contributed by atoms with E-state index in [4.69, 9.17) is 9.47 Å². The molecule has 4 nitrogen and oxygen atoms in total. The normalized spacial score (nSPS) is 12.9. The summed E-state index contributed by atoms with van der Waals surface area (Å²) >= 11 is 0. The maximum atomic E-state index is 11.3. The monoisotopic (exact) mass is 482 g/mol. The van der Waals surface area contributed by atoms with Gasteiger partial charge in [0.1, 0.15) is 11.9 Å². The maximum absolute atomic E-state index is 11.3. The smallest absolute Gasteiger partial charge is 0.335 e. The number of rotatable bonds is 19. The summed E-state index contributed by atoms with van der Waals surface area (Å²) in [5.41, 5.74) is 2.22. The van der Waals surface area contributed by atoms with Crippen molar-refractivity contribution in [3.63, 3.8) is 0 Å². The Labute approximate surface area is 213 Å². The fourth-order valence-electron chi connectivity index (χ4n) is 4.46. The van der Waals surface area contributed by atoms with Gasteiger partial charge in [0.15, 0.2) is 0 Å². The topological polar surface area (TPSA) is 55.8 Å². The van der Waals surface area contributed by atoms with E-state index in [0.717, 1.165) is 49.2 Å². The second-order valence-corrected chi connectivity index (χ2v) is 9.47. The van der Waals surface area contributed by atoms with Crippen molar-refractivity contribution in [1.29, 1.82) is 0 Å². The molecule has 0 saturated carbocycles. The number of para-hydroxylation sites is 1. The molecule has 35 heavy (non-hydrogen) atoms. The second kappa shape index (κ2) is 17.2. The molecule has 0 bridgehead atoms. The summed E-state index contributed by atoms with van der Waals surface area (Å²) in [5, 5.41) is 9.24. The highest BCUT2D eigenvalue weighted by atomic mass is 16.5. The van der Waals surface area contributed by atoms with Gasteiger partial charge in [-0.1, -0.05) is 102 Å². The van der Waals surface area contributed by atoms with E-state index in [1.807, 2.05) is 36.4 Å². The first-order chi connectivity index (χ1) is 17.1. The lowest BCUT2D eigenvalue weighted by Crippen LogP contribution is -2.34. The van der Waals surface area contributed by atoms with Gasteiger partial charge in [0.2, 0.25) is 0 Å². The van der Waals surface area contributed by atoms with Gasteiger partial charge in [0, 0.05) is 12.2 Å². The molecule has 0 radical (unpaired) electrons. The van der Waals surface area contributed by atoms with Crippen LogP contribution in [0, 0.1) is 0 Å². The van der Waals surface area contributed by atoms with Gasteiger partial charge >= 0.3 is 5.97 Å². The summed E-state index contributed by atoms with van der Waals surface area (Å²) in [5.74, 6) is -0.0824. The molecule has 2 unspecified atom stereocenters. The molecule has 1 N–H and O–H groups in total. The van der Waals surface area contributed by atoms with Crippen LogP contribution in [0.15, 0.2) is 48.5 Å². The second-order valence-electron chi connectivity index (χ2n) is 9.47. The molecule has 2 atom stereocenters. The predicted molar refractivity (Wildman–Crippen MR) is 145 cm³/mol. The number of aromatic carboxylic acids is 1. The first-order valence-electron chi connectivity index (χ1n) is 13.8. The van der Waals surface area contributed by atoms with Crippen molar-refractivity contribution in [3.05, 3.63) is 54.1 Å². The third kappa shape index (κ3) is 10.4. The molecular weight excluding hydrogens is 436 g/mol. The Hall–Kier alpha value is -2.33. The van der Waals surface area contributed by atoms with Crippen LogP contribution >= 0.6 is 0 Å². The standard InChI is InChI=1S/C31H46O4/c1-4-7-9-11-13-19-30(28(6-3)34-24-16-12-10-8-5-2)35-29-18-15-14-17-27(29)25-20-22-26(23-21-25)31(32)33/h14-15,17-18,20-23,28,30H,4-13,16,19,24H2,1-3H3,(H,32,33). The van der Waals surface area contributed by atoms with E-state index in [1.165, 1.54) is 51.4 Å². The highest BCUT2D eigenvalue weighted by Crippen LogP contribution is 2.32. The Bertz CT molecular complexity index is 830. The molecule has 0 saturated heterocycles. The van der Waals surface area contributed by atoms with Crippen molar-refractivity contribution in [3.8, 4) is 16.9 Å². The van der Waals surface area contributed by atoms with Crippen molar-refractivity contribution in [2.24, 2.45) is 0 Å². The Kier molecular flexibility index (Phi) is 14.2. The van der Waals surface area contributed by atoms with E-state index in [2.05, 4.69) is 20.8 Å². The van der Waals surface area contributed by atoms with Gasteiger partial charge < -0.3 is 14.6 Å². The van der Waals surface area contributed by atoms with Gasteiger partial charge in [-0.05, 0) is 49.4 Å². The summed E-state index contributed by atoms with van der Waals surface area (Å²) in [6, 6.07) is 15.1. The zero-order valence-corrected chi connectivity index (χ0v) is 22.1. The third-order valence-electron chi connectivity index (χ3n) is 6.60. The molecule has 0 aliphatic rings. The lowest BCUT2D eigenvalue weighted by molar-refractivity contribution is -0.0325. The van der Waals surface area contributed by atoms with Crippen molar-refractivity contribution in [1.82, 2.24) is 0 Å². The van der Waals surface area contributed by atoms with E-state index >= 15 is 0 Å². The van der Waals surface area contributed by atoms with Crippen LogP contribution in [0.4, 0.5) is 0 Å². The molecule has 194 valence electrons. The van der Waals surface area contributed by atoms with Crippen molar-refractivity contribution in [2.75, 3.05) is 6.61 Å². The van der Waals surface area contributed by atoms with Crippen LogP contribution in [0.25, 0.3) is 11.1 Å². The predicted octanol–water partition coefficient (Wildman–Crippen LogP) is 8.93. The number of benzene rings is 2. The van der Waals surface area contributed by atoms with E-state index in [-0.39, 0.29) is 17.8 Å². The third-order valence-corrected chi connectivity index (χ3v) is 6.60. The fourth-order valence-corrected chi connectivity index (χ4v) is 4.46. The number of hydrogen-bond acceptors (Lipinski definition) is 3. The average Bonchev–Trinajstić information content (AvgIpc) is 2.88. The molecule has 2 aromatic rings. The van der Waals surface area contributed by atoms with Gasteiger partial charge in [0.05, 0.1) is 11.7 Å². The Balaban J connectivity index is 2.13. The number of unbranched alkanes of at least 4 members (excludes halogenated alkanes) is 8. The van der Waals surface area contributed by atoms with Gasteiger partial charge in [-0.25, -0.2) is 4.79 Å². The van der Waals surface area contributed by atoms with Crippen LogP contribution in [0.3, 0.4) is 0 Å². The molecule has 4 heteroatoms. The van der Waals surface area contributed by atoms with Gasteiger partial charge in [-0.2, -0.15) is 0 Å². The summed E-state index contributed by atoms with van der Waals surface area (Å²) in [4.78, 5) is 11.3.